The summed E-state index contributed by atoms with van der Waals surface area (Å²) in [6.45, 7) is 17.0. The van der Waals surface area contributed by atoms with E-state index in [1.165, 1.54) is 250 Å². The normalized spacial score (nSPS) is 12.3. The van der Waals surface area contributed by atoms with Crippen molar-refractivity contribution in [1.29, 1.82) is 0 Å². The molecule has 0 bridgehead atoms. The molecule has 0 fully saturated rings. The zero-order valence-corrected chi connectivity index (χ0v) is 42.1. The van der Waals surface area contributed by atoms with Gasteiger partial charge in [0, 0.05) is 0 Å². The van der Waals surface area contributed by atoms with Gasteiger partial charge in [-0.15, -0.1) is 0 Å². The monoisotopic (exact) mass is 803 g/mol. The van der Waals surface area contributed by atoms with Crippen LogP contribution in [0.15, 0.2) is 0 Å². The molecule has 56 heavy (non-hydrogen) atoms. The minimum absolute atomic E-state index is 0.892. The lowest BCUT2D eigenvalue weighted by atomic mass is 10.0. The van der Waals surface area contributed by atoms with Crippen LogP contribution in [0.5, 0.6) is 0 Å². The summed E-state index contributed by atoms with van der Waals surface area (Å²) >= 11 is 0. The van der Waals surface area contributed by atoms with Gasteiger partial charge in [0.1, 0.15) is 0 Å². The van der Waals surface area contributed by atoms with Gasteiger partial charge in [0.05, 0.1) is 8.07 Å². The molecule has 0 aromatic carbocycles. The minimum Gasteiger partial charge on any atom is -0.0691 e. The summed E-state index contributed by atoms with van der Waals surface area (Å²) in [6.07, 6.45) is 62.6. The molecule has 0 spiro atoms. The van der Waals surface area contributed by atoms with E-state index in [1.807, 2.05) is 0 Å². The smallest absolute Gasteiger partial charge is 0.0504 e. The Bertz CT molecular complexity index is 615. The zero-order valence-electron chi connectivity index (χ0n) is 41.1. The van der Waals surface area contributed by atoms with Gasteiger partial charge in [-0.3, -0.25) is 0 Å². The van der Waals surface area contributed by atoms with Crippen LogP contribution in [0, 0.1) is 17.8 Å². The average Bonchev–Trinajstić information content (AvgIpc) is 3.16. The largest absolute Gasteiger partial charge is 0.0691 e. The first kappa shape index (κ1) is 56.2. The summed E-state index contributed by atoms with van der Waals surface area (Å²) < 4.78 is 0. The van der Waals surface area contributed by atoms with Gasteiger partial charge in [0.25, 0.3) is 0 Å². The summed E-state index contributed by atoms with van der Waals surface area (Å²) in [5, 5.41) is 0. The summed E-state index contributed by atoms with van der Waals surface area (Å²) in [5.74, 6) is 2.68. The Hall–Kier alpha value is 0.217. The second kappa shape index (κ2) is 44.8. The third-order valence-corrected chi connectivity index (χ3v) is 18.4. The minimum atomic E-state index is -1.07. The third kappa shape index (κ3) is 46.9. The first-order valence-electron chi connectivity index (χ1n) is 27.2. The lowest BCUT2D eigenvalue weighted by molar-refractivity contribution is 0.503. The Balaban J connectivity index is 4.10. The molecule has 0 aliphatic heterocycles. The van der Waals surface area contributed by atoms with E-state index in [9.17, 15) is 0 Å². The van der Waals surface area contributed by atoms with Crippen LogP contribution in [0.3, 0.4) is 0 Å². The van der Waals surface area contributed by atoms with E-state index < -0.39 is 8.07 Å². The van der Waals surface area contributed by atoms with Crippen molar-refractivity contribution in [2.75, 3.05) is 0 Å². The van der Waals surface area contributed by atoms with Crippen LogP contribution in [0.4, 0.5) is 0 Å². The maximum absolute atomic E-state index is 2.84. The molecule has 0 unspecified atom stereocenters. The molecule has 0 saturated heterocycles. The number of hydrogen-bond donors (Lipinski definition) is 0. The van der Waals surface area contributed by atoms with E-state index in [-0.39, 0.29) is 0 Å². The van der Waals surface area contributed by atoms with Gasteiger partial charge < -0.3 is 0 Å². The highest BCUT2D eigenvalue weighted by atomic mass is 28.3. The van der Waals surface area contributed by atoms with Crippen LogP contribution in [0.1, 0.15) is 311 Å². The molecule has 0 aromatic heterocycles. The highest BCUT2D eigenvalue weighted by Gasteiger charge is 2.25. The second-order valence-electron chi connectivity index (χ2n) is 21.4. The van der Waals surface area contributed by atoms with Crippen LogP contribution in [0.2, 0.25) is 24.7 Å². The van der Waals surface area contributed by atoms with E-state index in [1.54, 1.807) is 37.4 Å². The molecule has 0 amide bonds. The predicted octanol–water partition coefficient (Wildman–Crippen LogP) is 21.4. The van der Waals surface area contributed by atoms with Crippen LogP contribution in [-0.4, -0.2) is 8.07 Å². The fraction of sp³-hybridized carbons (Fsp3) is 1.00. The van der Waals surface area contributed by atoms with Crippen molar-refractivity contribution in [1.82, 2.24) is 0 Å². The predicted molar refractivity (Wildman–Crippen MR) is 264 cm³/mol. The van der Waals surface area contributed by atoms with Gasteiger partial charge in [-0.2, -0.15) is 0 Å². The van der Waals surface area contributed by atoms with Crippen molar-refractivity contribution in [3.05, 3.63) is 0 Å². The molecular formula is C55H114Si. The van der Waals surface area contributed by atoms with Crippen molar-refractivity contribution in [2.45, 2.75) is 336 Å². The standard InChI is InChI=1S/C55H114Si/c1-53(2)47-41-35-29-23-17-11-8-14-20-26-32-38-44-50-56(7,51-45-39-33-27-21-15-9-12-18-24-30-36-42-48-54(3)4)52-46-40-34-28-22-16-10-13-19-25-31-37-43-49-55(5)6/h53-55H,8-52H2,1-7H3. The van der Waals surface area contributed by atoms with Crippen molar-refractivity contribution in [3.8, 4) is 0 Å². The maximum atomic E-state index is 2.84. The Labute approximate surface area is 360 Å². The molecule has 0 saturated carbocycles. The van der Waals surface area contributed by atoms with Crippen molar-refractivity contribution < 1.29 is 0 Å². The Morgan fingerprint density at radius 1 is 0.196 bits per heavy atom. The lowest BCUT2D eigenvalue weighted by Gasteiger charge is -2.28. The van der Waals surface area contributed by atoms with E-state index in [4.69, 9.17) is 0 Å². The van der Waals surface area contributed by atoms with Gasteiger partial charge in [-0.05, 0) is 17.8 Å². The first-order chi connectivity index (χ1) is 27.2. The fourth-order valence-electron chi connectivity index (χ4n) is 9.52. The van der Waals surface area contributed by atoms with Gasteiger partial charge in [-0.1, -0.05) is 336 Å². The van der Waals surface area contributed by atoms with Crippen LogP contribution in [0.25, 0.3) is 0 Å². The molecule has 0 aliphatic carbocycles. The molecule has 0 aromatic rings. The van der Waals surface area contributed by atoms with Gasteiger partial charge in [0.2, 0.25) is 0 Å². The quantitative estimate of drug-likeness (QED) is 0.0425. The van der Waals surface area contributed by atoms with Crippen LogP contribution in [-0.2, 0) is 0 Å². The molecule has 0 rings (SSSR count). The van der Waals surface area contributed by atoms with Gasteiger partial charge in [0.15, 0.2) is 0 Å². The maximum Gasteiger partial charge on any atom is 0.0504 e. The van der Waals surface area contributed by atoms with Crippen LogP contribution < -0.4 is 0 Å². The summed E-state index contributed by atoms with van der Waals surface area (Å²) in [5.41, 5.74) is 0. The molecule has 0 nitrogen and oxygen atoms in total. The molecule has 0 radical (unpaired) electrons. The number of unbranched alkanes of at least 4 members (excludes halogenated alkanes) is 36. The van der Waals surface area contributed by atoms with Gasteiger partial charge in [-0.25, -0.2) is 0 Å². The molecular weight excluding hydrogens is 689 g/mol. The molecule has 0 atom stereocenters. The SMILES string of the molecule is CC(C)CCCCCCCCCCCCCCC[Si](C)(CCCCCCCCCCCCCCCC(C)C)CCCCCCCCCCCCCCCC(C)C. The summed E-state index contributed by atoms with van der Waals surface area (Å²) in [6, 6.07) is 4.92. The number of rotatable bonds is 48. The fourth-order valence-corrected chi connectivity index (χ4v) is 13.6. The summed E-state index contributed by atoms with van der Waals surface area (Å²) in [4.78, 5) is 0. The van der Waals surface area contributed by atoms with Gasteiger partial charge >= 0.3 is 0 Å². The molecule has 338 valence electrons. The van der Waals surface area contributed by atoms with Crippen LogP contribution >= 0.6 is 0 Å². The Morgan fingerprint density at radius 3 is 0.464 bits per heavy atom. The zero-order chi connectivity index (χ0) is 41.1. The van der Waals surface area contributed by atoms with Crippen molar-refractivity contribution in [3.63, 3.8) is 0 Å². The van der Waals surface area contributed by atoms with E-state index >= 15 is 0 Å². The molecule has 0 aliphatic rings. The molecule has 1 heteroatoms. The Kier molecular flexibility index (Phi) is 44.9. The van der Waals surface area contributed by atoms with Crippen molar-refractivity contribution >= 4 is 8.07 Å². The topological polar surface area (TPSA) is 0 Å². The molecule has 0 N–H and O–H groups in total. The summed E-state index contributed by atoms with van der Waals surface area (Å²) in [7, 11) is -1.07. The Morgan fingerprint density at radius 2 is 0.321 bits per heavy atom. The second-order valence-corrected chi connectivity index (χ2v) is 26.5. The first-order valence-corrected chi connectivity index (χ1v) is 30.4. The third-order valence-electron chi connectivity index (χ3n) is 13.7. The van der Waals surface area contributed by atoms with E-state index in [0.717, 1.165) is 17.8 Å². The highest BCUT2D eigenvalue weighted by Crippen LogP contribution is 2.30. The van der Waals surface area contributed by atoms with E-state index in [2.05, 4.69) is 48.1 Å². The highest BCUT2D eigenvalue weighted by molar-refractivity contribution is 6.78. The molecule has 0 heterocycles. The lowest BCUT2D eigenvalue weighted by Crippen LogP contribution is -2.29. The average molecular weight is 804 g/mol. The number of hydrogen-bond acceptors (Lipinski definition) is 0. The van der Waals surface area contributed by atoms with E-state index in [0.29, 0.717) is 0 Å². The van der Waals surface area contributed by atoms with Crippen molar-refractivity contribution in [2.24, 2.45) is 17.8 Å².